The molecule has 1 saturated heterocycles. The fraction of sp³-hybridized carbons (Fsp3) is 0.765. The molecular weight excluding hydrogens is 298 g/mol. The predicted molar refractivity (Wildman–Crippen MR) is 83.8 cm³/mol. The fourth-order valence-electron chi connectivity index (χ4n) is 2.69. The van der Waals surface area contributed by atoms with Gasteiger partial charge < -0.3 is 19.5 Å². The zero-order valence-corrected chi connectivity index (χ0v) is 13.8. The quantitative estimate of drug-likeness (QED) is 0.487. The highest BCUT2D eigenvalue weighted by Crippen LogP contribution is 2.32. The lowest BCUT2D eigenvalue weighted by molar-refractivity contribution is -0.137. The zero-order chi connectivity index (χ0) is 16.8. The van der Waals surface area contributed by atoms with Gasteiger partial charge in [-0.1, -0.05) is 19.8 Å². The van der Waals surface area contributed by atoms with Crippen LogP contribution in [0.25, 0.3) is 0 Å². The van der Waals surface area contributed by atoms with E-state index < -0.39 is 12.1 Å². The molecule has 0 radical (unpaired) electrons. The Morgan fingerprint density at radius 3 is 2.43 bits per heavy atom. The van der Waals surface area contributed by atoms with Crippen LogP contribution in [0.1, 0.15) is 39.5 Å². The Labute approximate surface area is 137 Å². The normalized spacial score (nSPS) is 24.6. The second kappa shape index (κ2) is 8.21. The van der Waals surface area contributed by atoms with E-state index in [1.54, 1.807) is 0 Å². The first-order valence-electron chi connectivity index (χ1n) is 8.25. The summed E-state index contributed by atoms with van der Waals surface area (Å²) in [6.07, 6.45) is 2.64. The van der Waals surface area contributed by atoms with Crippen molar-refractivity contribution < 1.29 is 24.2 Å². The number of ether oxygens (including phenoxy) is 2. The van der Waals surface area contributed by atoms with Gasteiger partial charge in [-0.2, -0.15) is 0 Å². The molecule has 0 aromatic carbocycles. The summed E-state index contributed by atoms with van der Waals surface area (Å²) in [5.41, 5.74) is 0. The third kappa shape index (κ3) is 5.76. The molecule has 2 rings (SSSR count). The van der Waals surface area contributed by atoms with Gasteiger partial charge in [0, 0.05) is 24.9 Å². The summed E-state index contributed by atoms with van der Waals surface area (Å²) in [4.78, 5) is 23.7. The van der Waals surface area contributed by atoms with Gasteiger partial charge in [0.2, 0.25) is 0 Å². The number of piperidine rings is 1. The van der Waals surface area contributed by atoms with Crippen molar-refractivity contribution in [2.24, 2.45) is 11.8 Å². The van der Waals surface area contributed by atoms with Crippen LogP contribution in [0.2, 0.25) is 0 Å². The highest BCUT2D eigenvalue weighted by atomic mass is 16.5. The first-order chi connectivity index (χ1) is 10.9. The molecule has 1 amide bonds. The van der Waals surface area contributed by atoms with Crippen molar-refractivity contribution in [3.63, 3.8) is 0 Å². The Morgan fingerprint density at radius 2 is 1.87 bits per heavy atom. The molecule has 0 unspecified atom stereocenters. The molecule has 2 fully saturated rings. The van der Waals surface area contributed by atoms with Gasteiger partial charge in [-0.25, -0.2) is 9.59 Å². The average Bonchev–Trinajstić information content (AvgIpc) is 2.47. The van der Waals surface area contributed by atoms with Gasteiger partial charge in [0.25, 0.3) is 0 Å². The van der Waals surface area contributed by atoms with E-state index in [9.17, 15) is 9.59 Å². The predicted octanol–water partition coefficient (Wildman–Crippen LogP) is 2.13. The summed E-state index contributed by atoms with van der Waals surface area (Å²) in [5.74, 6) is 5.54. The van der Waals surface area contributed by atoms with Crippen LogP contribution in [0.5, 0.6) is 0 Å². The Balaban J connectivity index is 1.61. The fourth-order valence-corrected chi connectivity index (χ4v) is 2.69. The van der Waals surface area contributed by atoms with Crippen molar-refractivity contribution in [3.05, 3.63) is 0 Å². The Morgan fingerprint density at radius 1 is 1.22 bits per heavy atom. The first-order valence-corrected chi connectivity index (χ1v) is 8.25. The van der Waals surface area contributed by atoms with E-state index in [1.807, 2.05) is 13.8 Å². The van der Waals surface area contributed by atoms with E-state index in [2.05, 4.69) is 11.8 Å². The highest BCUT2D eigenvalue weighted by Gasteiger charge is 2.32. The summed E-state index contributed by atoms with van der Waals surface area (Å²) in [5, 5.41) is 8.90. The minimum absolute atomic E-state index is 0.139. The number of likely N-dealkylation sites (tertiary alicyclic amines) is 1. The summed E-state index contributed by atoms with van der Waals surface area (Å²) >= 11 is 0. The van der Waals surface area contributed by atoms with Gasteiger partial charge in [0.1, 0.15) is 0 Å². The van der Waals surface area contributed by atoms with Crippen LogP contribution in [0.4, 0.5) is 4.79 Å². The number of esters is 1. The molecule has 1 heterocycles. The molecule has 0 bridgehead atoms. The second-order valence-corrected chi connectivity index (χ2v) is 6.66. The molecule has 128 valence electrons. The topological polar surface area (TPSA) is 76.1 Å². The van der Waals surface area contributed by atoms with Crippen LogP contribution in [0.3, 0.4) is 0 Å². The van der Waals surface area contributed by atoms with Crippen molar-refractivity contribution >= 4 is 12.1 Å². The van der Waals surface area contributed by atoms with Crippen molar-refractivity contribution in [3.8, 4) is 11.8 Å². The first kappa shape index (κ1) is 17.6. The summed E-state index contributed by atoms with van der Waals surface area (Å²) < 4.78 is 11.0. The van der Waals surface area contributed by atoms with Crippen LogP contribution in [0.15, 0.2) is 0 Å². The molecule has 0 aromatic rings. The minimum atomic E-state index is -0.855. The van der Waals surface area contributed by atoms with Gasteiger partial charge in [-0.3, -0.25) is 0 Å². The number of nitrogens with zero attached hydrogens (tertiary/aromatic N) is 1. The highest BCUT2D eigenvalue weighted by molar-refractivity contribution is 5.88. The molecule has 1 aliphatic carbocycles. The van der Waals surface area contributed by atoms with Gasteiger partial charge in [-0.15, -0.1) is 0 Å². The number of carbonyl (C=O) groups excluding carboxylic acids is 1. The molecule has 6 nitrogen and oxygen atoms in total. The standard InChI is InChI=1S/C17H25NO5/c1-12(2)11-22-16(19)4-3-13-9-15(10-13)23-14-5-7-18(8-6-14)17(20)21/h12-15H,5-11H2,1-2H3,(H,20,21). The molecule has 1 aliphatic heterocycles. The molecule has 23 heavy (non-hydrogen) atoms. The maximum atomic E-state index is 11.4. The van der Waals surface area contributed by atoms with Crippen LogP contribution >= 0.6 is 0 Å². The van der Waals surface area contributed by atoms with Crippen LogP contribution in [-0.4, -0.2) is 54.0 Å². The smallest absolute Gasteiger partial charge is 0.407 e. The summed E-state index contributed by atoms with van der Waals surface area (Å²) in [7, 11) is 0. The summed E-state index contributed by atoms with van der Waals surface area (Å²) in [6, 6.07) is 0. The summed E-state index contributed by atoms with van der Waals surface area (Å²) in [6.45, 7) is 5.44. The molecule has 6 heteroatoms. The molecule has 2 aliphatic rings. The maximum Gasteiger partial charge on any atom is 0.407 e. The third-order valence-electron chi connectivity index (χ3n) is 4.12. The van der Waals surface area contributed by atoms with Crippen LogP contribution in [-0.2, 0) is 14.3 Å². The Hall–Kier alpha value is -1.74. The maximum absolute atomic E-state index is 11.4. The van der Waals surface area contributed by atoms with E-state index in [-0.39, 0.29) is 18.1 Å². The average molecular weight is 323 g/mol. The number of carbonyl (C=O) groups is 2. The van der Waals surface area contributed by atoms with Crippen molar-refractivity contribution in [2.45, 2.75) is 51.7 Å². The van der Waals surface area contributed by atoms with Crippen LogP contribution < -0.4 is 0 Å². The van der Waals surface area contributed by atoms with Crippen LogP contribution in [0, 0.1) is 23.7 Å². The molecule has 0 aromatic heterocycles. The number of amides is 1. The SMILES string of the molecule is CC(C)COC(=O)C#CC1CC(OC2CCN(C(=O)O)CC2)C1. The lowest BCUT2D eigenvalue weighted by Crippen LogP contribution is -2.43. The monoisotopic (exact) mass is 323 g/mol. The van der Waals surface area contributed by atoms with Gasteiger partial charge in [-0.05, 0) is 31.6 Å². The Kier molecular flexibility index (Phi) is 6.28. The molecule has 1 N–H and O–H groups in total. The molecule has 1 saturated carbocycles. The Bertz CT molecular complexity index is 479. The zero-order valence-electron chi connectivity index (χ0n) is 13.8. The number of rotatable bonds is 4. The second-order valence-electron chi connectivity index (χ2n) is 6.66. The van der Waals surface area contributed by atoms with E-state index >= 15 is 0 Å². The number of hydrogen-bond donors (Lipinski definition) is 1. The minimum Gasteiger partial charge on any atom is -0.465 e. The van der Waals surface area contributed by atoms with E-state index in [1.165, 1.54) is 4.90 Å². The van der Waals surface area contributed by atoms with E-state index in [0.29, 0.717) is 25.6 Å². The van der Waals surface area contributed by atoms with Crippen molar-refractivity contribution in [1.29, 1.82) is 0 Å². The molecule has 0 atom stereocenters. The van der Waals surface area contributed by atoms with Crippen molar-refractivity contribution in [1.82, 2.24) is 4.90 Å². The van der Waals surface area contributed by atoms with Gasteiger partial charge in [0.05, 0.1) is 18.8 Å². The van der Waals surface area contributed by atoms with Gasteiger partial charge in [0.15, 0.2) is 0 Å². The lowest BCUT2D eigenvalue weighted by Gasteiger charge is -2.37. The number of carboxylic acid groups (broad SMARTS) is 1. The van der Waals surface area contributed by atoms with E-state index in [4.69, 9.17) is 14.6 Å². The largest absolute Gasteiger partial charge is 0.465 e. The number of hydrogen-bond acceptors (Lipinski definition) is 4. The lowest BCUT2D eigenvalue weighted by atomic mass is 9.82. The molecular formula is C17H25NO5. The van der Waals surface area contributed by atoms with Gasteiger partial charge >= 0.3 is 12.1 Å². The van der Waals surface area contributed by atoms with Crippen molar-refractivity contribution in [2.75, 3.05) is 19.7 Å². The third-order valence-corrected chi connectivity index (χ3v) is 4.12. The molecule has 0 spiro atoms. The van der Waals surface area contributed by atoms with E-state index in [0.717, 1.165) is 25.7 Å².